The molecule has 182 valence electrons. The number of carbonyl (C=O) groups is 3. The number of fused-ring (bicyclic) bond motifs is 1. The summed E-state index contributed by atoms with van der Waals surface area (Å²) < 4.78 is 11.3. The van der Waals surface area contributed by atoms with Crippen molar-refractivity contribution < 1.29 is 34.1 Å². The molecule has 0 unspecified atom stereocenters. The lowest BCUT2D eigenvalue weighted by Gasteiger charge is -2.27. The number of methoxy groups -OCH3 is 1. The number of hydrogen-bond acceptors (Lipinski definition) is 6. The Morgan fingerprint density at radius 1 is 0.943 bits per heavy atom. The quantitative estimate of drug-likeness (QED) is 0.425. The minimum Gasteiger partial charge on any atom is -0.493 e. The molecule has 0 saturated heterocycles. The van der Waals surface area contributed by atoms with Crippen molar-refractivity contribution in [1.82, 2.24) is 0 Å². The summed E-state index contributed by atoms with van der Waals surface area (Å²) >= 11 is 0. The zero-order chi connectivity index (χ0) is 25.4. The second kappa shape index (κ2) is 11.2. The molecule has 0 spiro atoms. The molecule has 4 rings (SSSR count). The first-order valence-electron chi connectivity index (χ1n) is 10.9. The Morgan fingerprint density at radius 2 is 1.63 bits per heavy atom. The number of carboxylic acids is 2. The summed E-state index contributed by atoms with van der Waals surface area (Å²) in [4.78, 5) is 31.4. The fourth-order valence-corrected chi connectivity index (χ4v) is 4.19. The maximum Gasteiger partial charge on any atom is 0.335 e. The number of anilines is 1. The van der Waals surface area contributed by atoms with Gasteiger partial charge in [0.15, 0.2) is 11.5 Å². The van der Waals surface area contributed by atoms with Crippen LogP contribution in [0.4, 0.5) is 5.69 Å². The monoisotopic (exact) mass is 477 g/mol. The van der Waals surface area contributed by atoms with Gasteiger partial charge in [0.2, 0.25) is 0 Å². The first-order chi connectivity index (χ1) is 16.9. The minimum absolute atomic E-state index is 0.229. The van der Waals surface area contributed by atoms with Gasteiger partial charge in [0.25, 0.3) is 0 Å². The van der Waals surface area contributed by atoms with Crippen LogP contribution >= 0.6 is 0 Å². The number of rotatable bonds is 9. The zero-order valence-corrected chi connectivity index (χ0v) is 19.3. The van der Waals surface area contributed by atoms with E-state index in [1.165, 1.54) is 7.11 Å². The summed E-state index contributed by atoms with van der Waals surface area (Å²) in [6.45, 7) is 2.30. The number of aromatic carboxylic acids is 1. The van der Waals surface area contributed by atoms with Gasteiger partial charge < -0.3 is 29.8 Å². The van der Waals surface area contributed by atoms with Crippen LogP contribution in [0.5, 0.6) is 11.5 Å². The summed E-state index contributed by atoms with van der Waals surface area (Å²) in [5, 5.41) is 22.4. The topological polar surface area (TPSA) is 122 Å². The van der Waals surface area contributed by atoms with Crippen LogP contribution in [-0.4, -0.2) is 48.2 Å². The molecule has 0 bridgehead atoms. The van der Waals surface area contributed by atoms with Crippen molar-refractivity contribution in [3.8, 4) is 11.5 Å². The Morgan fingerprint density at radius 3 is 2.23 bits per heavy atom. The third-order valence-corrected chi connectivity index (χ3v) is 5.88. The van der Waals surface area contributed by atoms with Crippen LogP contribution in [0, 0.1) is 0 Å². The highest BCUT2D eigenvalue weighted by atomic mass is 16.5. The van der Waals surface area contributed by atoms with Crippen molar-refractivity contribution in [2.45, 2.75) is 24.8 Å². The van der Waals surface area contributed by atoms with Crippen LogP contribution in [0.15, 0.2) is 66.7 Å². The van der Waals surface area contributed by atoms with E-state index in [1.54, 1.807) is 36.4 Å². The molecule has 0 aliphatic heterocycles. The van der Waals surface area contributed by atoms with E-state index in [0.717, 1.165) is 16.7 Å². The molecule has 0 aromatic heterocycles. The first kappa shape index (κ1) is 25.3. The SMILES string of the molecule is C=O.COc1ccc(NC2(C(=O)O)Cc3ccccc3C2)cc1OCCc1cccc(C(=O)O)c1. The maximum absolute atomic E-state index is 12.2. The molecule has 0 fully saturated rings. The lowest BCUT2D eigenvalue weighted by molar-refractivity contribution is -0.142. The van der Waals surface area contributed by atoms with Crippen LogP contribution in [-0.2, 0) is 28.9 Å². The van der Waals surface area contributed by atoms with Crippen molar-refractivity contribution in [3.63, 3.8) is 0 Å². The smallest absolute Gasteiger partial charge is 0.335 e. The molecule has 8 nitrogen and oxygen atoms in total. The molecule has 0 atom stereocenters. The van der Waals surface area contributed by atoms with Crippen LogP contribution in [0.1, 0.15) is 27.0 Å². The van der Waals surface area contributed by atoms with Gasteiger partial charge in [-0.25, -0.2) is 9.59 Å². The van der Waals surface area contributed by atoms with Crippen LogP contribution in [0.25, 0.3) is 0 Å². The predicted molar refractivity (Wildman–Crippen MR) is 131 cm³/mol. The molecule has 0 heterocycles. The maximum atomic E-state index is 12.2. The molecule has 1 aliphatic carbocycles. The number of hydrogen-bond donors (Lipinski definition) is 3. The number of nitrogens with one attached hydrogen (secondary N) is 1. The van der Waals surface area contributed by atoms with Crippen LogP contribution < -0.4 is 14.8 Å². The van der Waals surface area contributed by atoms with Gasteiger partial charge in [0.05, 0.1) is 19.3 Å². The third kappa shape index (κ3) is 5.78. The fourth-order valence-electron chi connectivity index (χ4n) is 4.19. The number of ether oxygens (including phenoxy) is 2. The Labute approximate surface area is 203 Å². The van der Waals surface area contributed by atoms with Crippen molar-refractivity contribution in [2.75, 3.05) is 19.0 Å². The summed E-state index contributed by atoms with van der Waals surface area (Å²) in [6, 6.07) is 19.7. The van der Waals surface area contributed by atoms with E-state index in [0.29, 0.717) is 43.1 Å². The lowest BCUT2D eigenvalue weighted by Crippen LogP contribution is -2.47. The van der Waals surface area contributed by atoms with Crippen molar-refractivity contribution in [1.29, 1.82) is 0 Å². The molecule has 3 aromatic rings. The van der Waals surface area contributed by atoms with Gasteiger partial charge in [-0.05, 0) is 41.0 Å². The third-order valence-electron chi connectivity index (χ3n) is 5.88. The second-order valence-electron chi connectivity index (χ2n) is 8.10. The average molecular weight is 478 g/mol. The Bertz CT molecular complexity index is 1180. The molecular weight excluding hydrogens is 450 g/mol. The molecular formula is C27H27NO7. The van der Waals surface area contributed by atoms with Crippen molar-refractivity contribution in [3.05, 3.63) is 89.0 Å². The zero-order valence-electron chi connectivity index (χ0n) is 19.3. The van der Waals surface area contributed by atoms with Crippen molar-refractivity contribution in [2.24, 2.45) is 0 Å². The van der Waals surface area contributed by atoms with Gasteiger partial charge >= 0.3 is 11.9 Å². The molecule has 35 heavy (non-hydrogen) atoms. The molecule has 0 radical (unpaired) electrons. The van der Waals surface area contributed by atoms with E-state index in [1.807, 2.05) is 37.1 Å². The van der Waals surface area contributed by atoms with Gasteiger partial charge in [-0.1, -0.05) is 36.4 Å². The summed E-state index contributed by atoms with van der Waals surface area (Å²) in [7, 11) is 1.54. The number of carboxylic acid groups (broad SMARTS) is 2. The highest BCUT2D eigenvalue weighted by Crippen LogP contribution is 2.36. The van der Waals surface area contributed by atoms with Crippen LogP contribution in [0.3, 0.4) is 0 Å². The summed E-state index contributed by atoms with van der Waals surface area (Å²) in [5.41, 5.74) is 2.62. The minimum atomic E-state index is -1.13. The number of carbonyl (C=O) groups excluding carboxylic acids is 1. The van der Waals surface area contributed by atoms with Gasteiger partial charge in [0, 0.05) is 31.0 Å². The van der Waals surface area contributed by atoms with E-state index in [2.05, 4.69) is 5.32 Å². The predicted octanol–water partition coefficient (Wildman–Crippen LogP) is 3.86. The van der Waals surface area contributed by atoms with Gasteiger partial charge in [-0.3, -0.25) is 0 Å². The Hall–Kier alpha value is -4.33. The molecule has 0 saturated carbocycles. The van der Waals surface area contributed by atoms with E-state index in [9.17, 15) is 14.7 Å². The first-order valence-corrected chi connectivity index (χ1v) is 10.9. The normalized spacial score (nSPS) is 13.1. The fraction of sp³-hybridized carbons (Fsp3) is 0.222. The summed E-state index contributed by atoms with van der Waals surface area (Å²) in [5.74, 6) is -0.873. The lowest BCUT2D eigenvalue weighted by atomic mass is 9.95. The molecule has 0 amide bonds. The standard InChI is InChI=1S/C26H25NO6.CH2O/c1-32-22-10-9-21(27-26(25(30)31)15-19-6-2-3-7-20(19)16-26)14-23(22)33-12-11-17-5-4-8-18(13-17)24(28)29;1-2/h2-10,13-14,27H,11-12,15-16H2,1H3,(H,28,29)(H,30,31);1H2. The Balaban J connectivity index is 0.00000167. The van der Waals surface area contributed by atoms with Crippen molar-refractivity contribution >= 4 is 24.4 Å². The second-order valence-corrected chi connectivity index (χ2v) is 8.10. The average Bonchev–Trinajstić information content (AvgIpc) is 3.25. The Kier molecular flexibility index (Phi) is 8.09. The summed E-state index contributed by atoms with van der Waals surface area (Å²) in [6.07, 6.45) is 1.29. The highest BCUT2D eigenvalue weighted by Gasteiger charge is 2.44. The van der Waals surface area contributed by atoms with Gasteiger partial charge in [-0.15, -0.1) is 0 Å². The van der Waals surface area contributed by atoms with E-state index >= 15 is 0 Å². The van der Waals surface area contributed by atoms with Crippen LogP contribution in [0.2, 0.25) is 0 Å². The largest absolute Gasteiger partial charge is 0.493 e. The van der Waals surface area contributed by atoms with E-state index in [-0.39, 0.29) is 5.56 Å². The van der Waals surface area contributed by atoms with E-state index < -0.39 is 17.5 Å². The molecule has 3 aromatic carbocycles. The molecule has 3 N–H and O–H groups in total. The molecule has 8 heteroatoms. The van der Waals surface area contributed by atoms with E-state index in [4.69, 9.17) is 19.4 Å². The highest BCUT2D eigenvalue weighted by molar-refractivity contribution is 5.87. The number of aliphatic carboxylic acids is 1. The number of benzene rings is 3. The van der Waals surface area contributed by atoms with Gasteiger partial charge in [-0.2, -0.15) is 0 Å². The van der Waals surface area contributed by atoms with Gasteiger partial charge in [0.1, 0.15) is 12.3 Å². The molecule has 1 aliphatic rings.